The molecule has 1 unspecified atom stereocenters. The summed E-state index contributed by atoms with van der Waals surface area (Å²) >= 11 is 3.48. The summed E-state index contributed by atoms with van der Waals surface area (Å²) < 4.78 is 2.94. The Balaban J connectivity index is 1.90. The molecule has 0 spiro atoms. The van der Waals surface area contributed by atoms with E-state index in [0.29, 0.717) is 0 Å². The van der Waals surface area contributed by atoms with Gasteiger partial charge >= 0.3 is 0 Å². The van der Waals surface area contributed by atoms with Crippen molar-refractivity contribution in [1.29, 1.82) is 0 Å². The molecule has 0 fully saturated rings. The van der Waals surface area contributed by atoms with E-state index >= 15 is 0 Å². The zero-order valence-electron chi connectivity index (χ0n) is 12.7. The van der Waals surface area contributed by atoms with Crippen LogP contribution in [0, 0.1) is 6.92 Å². The van der Waals surface area contributed by atoms with Crippen LogP contribution >= 0.6 is 15.9 Å². The Morgan fingerprint density at radius 3 is 2.39 bits per heavy atom. The van der Waals surface area contributed by atoms with Crippen molar-refractivity contribution in [2.45, 2.75) is 13.0 Å². The maximum Gasteiger partial charge on any atom is 0.252 e. The zero-order chi connectivity index (χ0) is 16.2. The third-order valence-corrected chi connectivity index (χ3v) is 4.60. The van der Waals surface area contributed by atoms with Gasteiger partial charge in [0.25, 0.3) is 5.91 Å². The van der Waals surface area contributed by atoms with E-state index in [4.69, 9.17) is 0 Å². The lowest BCUT2D eigenvalue weighted by atomic mass is 10.1. The normalized spacial score (nSPS) is 11.9. The van der Waals surface area contributed by atoms with Crippen LogP contribution in [0.1, 0.15) is 17.2 Å². The van der Waals surface area contributed by atoms with Crippen molar-refractivity contribution in [3.63, 3.8) is 0 Å². The van der Waals surface area contributed by atoms with Gasteiger partial charge in [-0.3, -0.25) is 4.79 Å². The minimum atomic E-state index is -0.393. The Bertz CT molecular complexity index is 798. The maximum absolute atomic E-state index is 12.9. The summed E-state index contributed by atoms with van der Waals surface area (Å²) in [5.41, 5.74) is 2.83. The third-order valence-electron chi connectivity index (χ3n) is 3.71. The standard InChI is InChI=1S/C19H17BrN2O/c1-14-13-16(9-10-17(14)20)21-19(23)18(22-11-5-6-12-22)15-7-3-2-4-8-15/h2-13,18H,1H3,(H,21,23). The van der Waals surface area contributed by atoms with Gasteiger partial charge in [0, 0.05) is 22.6 Å². The number of carbonyl (C=O) groups excluding carboxylic acids is 1. The van der Waals surface area contributed by atoms with Crippen LogP contribution in [0.2, 0.25) is 0 Å². The van der Waals surface area contributed by atoms with Crippen molar-refractivity contribution < 1.29 is 4.79 Å². The number of rotatable bonds is 4. The van der Waals surface area contributed by atoms with Crippen molar-refractivity contribution in [2.24, 2.45) is 0 Å². The van der Waals surface area contributed by atoms with Crippen LogP contribution in [-0.2, 0) is 4.79 Å². The highest BCUT2D eigenvalue weighted by Crippen LogP contribution is 2.23. The lowest BCUT2D eigenvalue weighted by Crippen LogP contribution is -2.26. The molecule has 3 rings (SSSR count). The lowest BCUT2D eigenvalue weighted by molar-refractivity contribution is -0.118. The van der Waals surface area contributed by atoms with E-state index < -0.39 is 6.04 Å². The molecule has 0 aliphatic rings. The molecule has 0 saturated heterocycles. The number of aromatic nitrogens is 1. The van der Waals surface area contributed by atoms with E-state index in [1.165, 1.54) is 0 Å². The molecule has 0 saturated carbocycles. The number of nitrogens with zero attached hydrogens (tertiary/aromatic N) is 1. The lowest BCUT2D eigenvalue weighted by Gasteiger charge is -2.19. The van der Waals surface area contributed by atoms with Crippen molar-refractivity contribution in [3.8, 4) is 0 Å². The highest BCUT2D eigenvalue weighted by Gasteiger charge is 2.21. The smallest absolute Gasteiger partial charge is 0.252 e. The van der Waals surface area contributed by atoms with Gasteiger partial charge in [-0.05, 0) is 48.4 Å². The second kappa shape index (κ2) is 6.84. The molecule has 0 aliphatic carbocycles. The molecule has 0 aliphatic heterocycles. The number of carbonyl (C=O) groups is 1. The molecule has 3 nitrogen and oxygen atoms in total. The average molecular weight is 369 g/mol. The first-order valence-electron chi connectivity index (χ1n) is 7.39. The molecule has 3 aromatic rings. The van der Waals surface area contributed by atoms with Crippen LogP contribution in [0.4, 0.5) is 5.69 Å². The summed E-state index contributed by atoms with van der Waals surface area (Å²) in [6.45, 7) is 2.00. The molecule has 1 N–H and O–H groups in total. The first-order valence-corrected chi connectivity index (χ1v) is 8.19. The molecule has 23 heavy (non-hydrogen) atoms. The minimum Gasteiger partial charge on any atom is -0.338 e. The van der Waals surface area contributed by atoms with Gasteiger partial charge in [0.2, 0.25) is 0 Å². The summed E-state index contributed by atoms with van der Waals surface area (Å²) in [6, 6.07) is 19.0. The van der Waals surface area contributed by atoms with Gasteiger partial charge in [-0.25, -0.2) is 0 Å². The molecule has 1 aromatic heterocycles. The molecule has 2 aromatic carbocycles. The topological polar surface area (TPSA) is 34.0 Å². The highest BCUT2D eigenvalue weighted by atomic mass is 79.9. The number of hydrogen-bond acceptors (Lipinski definition) is 1. The van der Waals surface area contributed by atoms with Gasteiger partial charge in [0.15, 0.2) is 0 Å². The van der Waals surface area contributed by atoms with Crippen molar-refractivity contribution in [1.82, 2.24) is 4.57 Å². The number of hydrogen-bond donors (Lipinski definition) is 1. The third kappa shape index (κ3) is 3.54. The summed E-state index contributed by atoms with van der Waals surface area (Å²) in [4.78, 5) is 12.9. The second-order valence-corrected chi connectivity index (χ2v) is 6.25. The van der Waals surface area contributed by atoms with Gasteiger partial charge in [-0.1, -0.05) is 46.3 Å². The number of amides is 1. The monoisotopic (exact) mass is 368 g/mol. The molecular formula is C19H17BrN2O. The van der Waals surface area contributed by atoms with Gasteiger partial charge in [-0.2, -0.15) is 0 Å². The quantitative estimate of drug-likeness (QED) is 0.705. The summed E-state index contributed by atoms with van der Waals surface area (Å²) in [5.74, 6) is -0.0610. The Hall–Kier alpha value is -2.33. The summed E-state index contributed by atoms with van der Waals surface area (Å²) in [6.07, 6.45) is 3.81. The van der Waals surface area contributed by atoms with Crippen molar-refractivity contribution >= 4 is 27.5 Å². The van der Waals surface area contributed by atoms with Crippen LogP contribution in [-0.4, -0.2) is 10.5 Å². The van der Waals surface area contributed by atoms with Crippen molar-refractivity contribution in [3.05, 3.63) is 88.7 Å². The average Bonchev–Trinajstić information content (AvgIpc) is 3.06. The van der Waals surface area contributed by atoms with Crippen molar-refractivity contribution in [2.75, 3.05) is 5.32 Å². The van der Waals surface area contributed by atoms with E-state index in [1.54, 1.807) is 0 Å². The minimum absolute atomic E-state index is 0.0610. The number of halogens is 1. The predicted octanol–water partition coefficient (Wildman–Crippen LogP) is 4.79. The van der Waals surface area contributed by atoms with Gasteiger partial charge in [0.05, 0.1) is 0 Å². The molecule has 1 heterocycles. The van der Waals surface area contributed by atoms with Crippen LogP contribution in [0.15, 0.2) is 77.5 Å². The Kier molecular flexibility index (Phi) is 4.63. The molecular weight excluding hydrogens is 352 g/mol. The van der Waals surface area contributed by atoms with E-state index in [1.807, 2.05) is 84.5 Å². The molecule has 116 valence electrons. The molecule has 4 heteroatoms. The van der Waals surface area contributed by atoms with Crippen LogP contribution in [0.3, 0.4) is 0 Å². The van der Waals surface area contributed by atoms with Gasteiger partial charge < -0.3 is 9.88 Å². The van der Waals surface area contributed by atoms with Crippen LogP contribution < -0.4 is 5.32 Å². The van der Waals surface area contributed by atoms with Gasteiger partial charge in [0.1, 0.15) is 6.04 Å². The SMILES string of the molecule is Cc1cc(NC(=O)C(c2ccccc2)n2cccc2)ccc1Br. The van der Waals surface area contributed by atoms with E-state index in [-0.39, 0.29) is 5.91 Å². The Labute approximate surface area is 144 Å². The molecule has 1 atom stereocenters. The molecule has 0 radical (unpaired) electrons. The summed E-state index contributed by atoms with van der Waals surface area (Å²) in [5, 5.41) is 3.02. The molecule has 1 amide bonds. The maximum atomic E-state index is 12.9. The van der Waals surface area contributed by atoms with Crippen LogP contribution in [0.5, 0.6) is 0 Å². The van der Waals surface area contributed by atoms with E-state index in [9.17, 15) is 4.79 Å². The fourth-order valence-electron chi connectivity index (χ4n) is 2.55. The number of nitrogens with one attached hydrogen (secondary N) is 1. The number of aryl methyl sites for hydroxylation is 1. The first kappa shape index (κ1) is 15.6. The van der Waals surface area contributed by atoms with E-state index in [0.717, 1.165) is 21.3 Å². The zero-order valence-corrected chi connectivity index (χ0v) is 14.3. The fraction of sp³-hybridized carbons (Fsp3) is 0.105. The second-order valence-electron chi connectivity index (χ2n) is 5.40. The first-order chi connectivity index (χ1) is 11.1. The highest BCUT2D eigenvalue weighted by molar-refractivity contribution is 9.10. The van der Waals surface area contributed by atoms with Crippen LogP contribution in [0.25, 0.3) is 0 Å². The Morgan fingerprint density at radius 1 is 1.04 bits per heavy atom. The number of benzene rings is 2. The molecule has 0 bridgehead atoms. The van der Waals surface area contributed by atoms with E-state index in [2.05, 4.69) is 21.2 Å². The Morgan fingerprint density at radius 2 is 1.74 bits per heavy atom. The fourth-order valence-corrected chi connectivity index (χ4v) is 2.79. The largest absolute Gasteiger partial charge is 0.338 e. The number of anilines is 1. The summed E-state index contributed by atoms with van der Waals surface area (Å²) in [7, 11) is 0. The van der Waals surface area contributed by atoms with Gasteiger partial charge in [-0.15, -0.1) is 0 Å². The predicted molar refractivity (Wildman–Crippen MR) is 96.5 cm³/mol.